The molecule has 2 aromatic rings. The van der Waals surface area contributed by atoms with Crippen molar-refractivity contribution in [3.63, 3.8) is 0 Å². The molecule has 1 aliphatic heterocycles. The summed E-state index contributed by atoms with van der Waals surface area (Å²) in [6.07, 6.45) is 1.90. The Morgan fingerprint density at radius 2 is 1.77 bits per heavy atom. The van der Waals surface area contributed by atoms with Crippen molar-refractivity contribution < 1.29 is 14.4 Å². The van der Waals surface area contributed by atoms with Crippen molar-refractivity contribution in [2.75, 3.05) is 18.1 Å². The second kappa shape index (κ2) is 7.70. The topological polar surface area (TPSA) is 58.6 Å². The summed E-state index contributed by atoms with van der Waals surface area (Å²) in [5, 5.41) is 0. The van der Waals surface area contributed by atoms with Gasteiger partial charge in [0.25, 0.3) is 11.8 Å². The number of hydrogen-bond donors (Lipinski definition) is 1. The van der Waals surface area contributed by atoms with E-state index in [9.17, 15) is 9.59 Å². The highest BCUT2D eigenvalue weighted by Gasteiger charge is 2.30. The Bertz CT molecular complexity index is 787. The average molecular weight is 352 g/mol. The molecule has 0 saturated heterocycles. The molecule has 1 heterocycles. The fourth-order valence-electron chi connectivity index (χ4n) is 3.15. The van der Waals surface area contributed by atoms with E-state index in [1.165, 1.54) is 5.56 Å². The molecule has 26 heavy (non-hydrogen) atoms. The zero-order chi connectivity index (χ0) is 18.6. The van der Waals surface area contributed by atoms with Gasteiger partial charge in [-0.2, -0.15) is 0 Å². The second-order valence-electron chi connectivity index (χ2n) is 6.99. The first kappa shape index (κ1) is 18.1. The first-order valence-corrected chi connectivity index (χ1v) is 8.86. The fourth-order valence-corrected chi connectivity index (χ4v) is 3.15. The van der Waals surface area contributed by atoms with Gasteiger partial charge in [0.05, 0.1) is 5.41 Å². The van der Waals surface area contributed by atoms with E-state index in [4.69, 9.17) is 4.84 Å². The maximum Gasteiger partial charge on any atom is 0.255 e. The predicted molar refractivity (Wildman–Crippen MR) is 101 cm³/mol. The van der Waals surface area contributed by atoms with Gasteiger partial charge in [0.15, 0.2) is 6.61 Å². The van der Waals surface area contributed by atoms with Crippen LogP contribution < -0.4 is 10.4 Å². The summed E-state index contributed by atoms with van der Waals surface area (Å²) < 4.78 is 0. The minimum Gasteiger partial charge on any atom is -0.310 e. The number of carbonyl (C=O) groups is 2. The standard InChI is InChI=1S/C21H24N2O3/c1-21(2,17-11-4-3-5-12-17)20(25)22-26-15-19(24)23-14-8-10-16-9-6-7-13-18(16)23/h3-7,9,11-13H,8,10,14-15H2,1-2H3,(H,22,25). The number of para-hydroxylation sites is 1. The van der Waals surface area contributed by atoms with E-state index in [-0.39, 0.29) is 18.4 Å². The van der Waals surface area contributed by atoms with Gasteiger partial charge in [0.1, 0.15) is 0 Å². The SMILES string of the molecule is CC(C)(C(=O)NOCC(=O)N1CCCc2ccccc21)c1ccccc1. The zero-order valence-electron chi connectivity index (χ0n) is 15.2. The summed E-state index contributed by atoms with van der Waals surface area (Å²) in [5.41, 5.74) is 4.67. The van der Waals surface area contributed by atoms with Gasteiger partial charge in [0, 0.05) is 12.2 Å². The van der Waals surface area contributed by atoms with Crippen molar-refractivity contribution >= 4 is 17.5 Å². The fraction of sp³-hybridized carbons (Fsp3) is 0.333. The summed E-state index contributed by atoms with van der Waals surface area (Å²) >= 11 is 0. The molecule has 0 radical (unpaired) electrons. The second-order valence-corrected chi connectivity index (χ2v) is 6.99. The number of anilines is 1. The van der Waals surface area contributed by atoms with Crippen LogP contribution in [0.2, 0.25) is 0 Å². The lowest BCUT2D eigenvalue weighted by Crippen LogP contribution is -2.43. The van der Waals surface area contributed by atoms with Gasteiger partial charge < -0.3 is 4.90 Å². The van der Waals surface area contributed by atoms with Gasteiger partial charge in [-0.1, -0.05) is 48.5 Å². The van der Waals surface area contributed by atoms with Gasteiger partial charge >= 0.3 is 0 Å². The van der Waals surface area contributed by atoms with Crippen LogP contribution in [-0.2, 0) is 26.3 Å². The van der Waals surface area contributed by atoms with Crippen LogP contribution in [-0.4, -0.2) is 25.0 Å². The first-order valence-electron chi connectivity index (χ1n) is 8.86. The summed E-state index contributed by atoms with van der Waals surface area (Å²) in [4.78, 5) is 31.9. The lowest BCUT2D eigenvalue weighted by Gasteiger charge is -2.29. The predicted octanol–water partition coefficient (Wildman–Crippen LogP) is 2.99. The minimum atomic E-state index is -0.748. The van der Waals surface area contributed by atoms with E-state index in [1.54, 1.807) is 4.90 Å². The average Bonchev–Trinajstić information content (AvgIpc) is 2.68. The number of benzene rings is 2. The van der Waals surface area contributed by atoms with E-state index in [1.807, 2.05) is 68.4 Å². The molecular formula is C21H24N2O3. The largest absolute Gasteiger partial charge is 0.310 e. The van der Waals surface area contributed by atoms with Crippen LogP contribution in [0, 0.1) is 0 Å². The maximum atomic E-state index is 12.5. The smallest absolute Gasteiger partial charge is 0.255 e. The normalized spacial score (nSPS) is 13.8. The summed E-state index contributed by atoms with van der Waals surface area (Å²) in [5.74, 6) is -0.439. The quantitative estimate of drug-likeness (QED) is 0.842. The van der Waals surface area contributed by atoms with E-state index < -0.39 is 5.41 Å². The van der Waals surface area contributed by atoms with Gasteiger partial charge in [-0.3, -0.25) is 14.4 Å². The molecule has 5 heteroatoms. The molecule has 0 unspecified atom stereocenters. The van der Waals surface area contributed by atoms with E-state index in [0.29, 0.717) is 6.54 Å². The van der Waals surface area contributed by atoms with Crippen LogP contribution in [0.15, 0.2) is 54.6 Å². The van der Waals surface area contributed by atoms with Crippen molar-refractivity contribution in [1.29, 1.82) is 0 Å². The number of aryl methyl sites for hydroxylation is 1. The Kier molecular flexibility index (Phi) is 5.38. The molecule has 1 N–H and O–H groups in total. The van der Waals surface area contributed by atoms with Gasteiger partial charge in [-0.05, 0) is 43.9 Å². The maximum absolute atomic E-state index is 12.5. The Balaban J connectivity index is 1.57. The molecule has 2 amide bonds. The molecule has 1 aliphatic rings. The third kappa shape index (κ3) is 3.78. The zero-order valence-corrected chi connectivity index (χ0v) is 15.2. The molecule has 0 spiro atoms. The Morgan fingerprint density at radius 3 is 2.54 bits per heavy atom. The van der Waals surface area contributed by atoms with E-state index in [2.05, 4.69) is 5.48 Å². The van der Waals surface area contributed by atoms with Crippen molar-refractivity contribution in [2.45, 2.75) is 32.1 Å². The molecule has 2 aromatic carbocycles. The number of fused-ring (bicyclic) bond motifs is 1. The molecule has 3 rings (SSSR count). The van der Waals surface area contributed by atoms with E-state index in [0.717, 1.165) is 24.1 Å². The highest BCUT2D eigenvalue weighted by atomic mass is 16.7. The molecule has 0 aromatic heterocycles. The van der Waals surface area contributed by atoms with Crippen LogP contribution >= 0.6 is 0 Å². The number of hydrogen-bond acceptors (Lipinski definition) is 3. The number of nitrogens with one attached hydrogen (secondary N) is 1. The monoisotopic (exact) mass is 352 g/mol. The van der Waals surface area contributed by atoms with Gasteiger partial charge in [-0.15, -0.1) is 0 Å². The Morgan fingerprint density at radius 1 is 1.08 bits per heavy atom. The number of hydroxylamine groups is 1. The summed E-state index contributed by atoms with van der Waals surface area (Å²) in [6, 6.07) is 17.4. The van der Waals surface area contributed by atoms with Crippen LogP contribution in [0.25, 0.3) is 0 Å². The van der Waals surface area contributed by atoms with Crippen molar-refractivity contribution in [3.8, 4) is 0 Å². The molecule has 5 nitrogen and oxygen atoms in total. The molecule has 0 atom stereocenters. The number of carbonyl (C=O) groups excluding carboxylic acids is 2. The van der Waals surface area contributed by atoms with Gasteiger partial charge in [-0.25, -0.2) is 5.48 Å². The summed E-state index contributed by atoms with van der Waals surface area (Å²) in [6.45, 7) is 4.13. The highest BCUT2D eigenvalue weighted by Crippen LogP contribution is 2.27. The van der Waals surface area contributed by atoms with Crippen molar-refractivity contribution in [3.05, 3.63) is 65.7 Å². The lowest BCUT2D eigenvalue weighted by atomic mass is 9.84. The molecule has 136 valence electrons. The van der Waals surface area contributed by atoms with Crippen molar-refractivity contribution in [2.24, 2.45) is 0 Å². The third-order valence-electron chi connectivity index (χ3n) is 4.83. The number of amides is 2. The highest BCUT2D eigenvalue weighted by molar-refractivity contribution is 5.95. The minimum absolute atomic E-state index is 0.157. The van der Waals surface area contributed by atoms with E-state index >= 15 is 0 Å². The van der Waals surface area contributed by atoms with Crippen LogP contribution in [0.3, 0.4) is 0 Å². The third-order valence-corrected chi connectivity index (χ3v) is 4.83. The Labute approximate surface area is 153 Å². The van der Waals surface area contributed by atoms with Crippen LogP contribution in [0.1, 0.15) is 31.4 Å². The first-order chi connectivity index (χ1) is 12.5. The Hall–Kier alpha value is -2.66. The number of rotatable bonds is 5. The lowest BCUT2D eigenvalue weighted by molar-refractivity contribution is -0.142. The van der Waals surface area contributed by atoms with Crippen LogP contribution in [0.4, 0.5) is 5.69 Å². The molecular weight excluding hydrogens is 328 g/mol. The molecule has 0 fully saturated rings. The number of nitrogens with zero attached hydrogens (tertiary/aromatic N) is 1. The molecule has 0 bridgehead atoms. The van der Waals surface area contributed by atoms with Crippen molar-refractivity contribution in [1.82, 2.24) is 5.48 Å². The molecule has 0 saturated carbocycles. The summed E-state index contributed by atoms with van der Waals surface area (Å²) in [7, 11) is 0. The molecule has 0 aliphatic carbocycles. The van der Waals surface area contributed by atoms with Crippen LogP contribution in [0.5, 0.6) is 0 Å². The van der Waals surface area contributed by atoms with Gasteiger partial charge in [0.2, 0.25) is 0 Å².